The van der Waals surface area contributed by atoms with Gasteiger partial charge in [-0.05, 0) is 56.0 Å². The number of sulfonamides is 1. The molecule has 2 aromatic carbocycles. The Balaban J connectivity index is 1.47. The van der Waals surface area contributed by atoms with Crippen LogP contribution in [0.25, 0.3) is 0 Å². The van der Waals surface area contributed by atoms with E-state index in [1.54, 1.807) is 30.3 Å². The van der Waals surface area contributed by atoms with Gasteiger partial charge >= 0.3 is 0 Å². The van der Waals surface area contributed by atoms with E-state index in [4.69, 9.17) is 33.2 Å². The molecule has 35 heavy (non-hydrogen) atoms. The topological polar surface area (TPSA) is 99.5 Å². The molecule has 1 heterocycles. The van der Waals surface area contributed by atoms with E-state index in [0.29, 0.717) is 66.7 Å². The van der Waals surface area contributed by atoms with Gasteiger partial charge in [0.2, 0.25) is 15.9 Å². The maximum absolute atomic E-state index is 12.9. The summed E-state index contributed by atoms with van der Waals surface area (Å²) in [5, 5.41) is 13.2. The molecular formula is C25H29Cl2N3O4S. The summed E-state index contributed by atoms with van der Waals surface area (Å²) in [7, 11) is -3.68. The van der Waals surface area contributed by atoms with Crippen LogP contribution in [-0.4, -0.2) is 44.4 Å². The number of nitrogens with zero attached hydrogens (tertiary/aromatic N) is 2. The normalized spacial score (nSPS) is 15.4. The molecule has 2 aromatic rings. The Morgan fingerprint density at radius 1 is 1.20 bits per heavy atom. The first-order valence-electron chi connectivity index (χ1n) is 11.4. The lowest BCUT2D eigenvalue weighted by Gasteiger charge is -2.33. The number of amides is 1. The summed E-state index contributed by atoms with van der Waals surface area (Å²) in [6, 6.07) is 12.9. The third kappa shape index (κ3) is 7.11. The quantitative estimate of drug-likeness (QED) is 0.452. The lowest BCUT2D eigenvalue weighted by molar-refractivity contribution is -0.130. The van der Waals surface area contributed by atoms with E-state index in [0.717, 1.165) is 0 Å². The standard InChI is InChI=1S/C25H29Cl2N3O4S/c1-25(2,11-4-14-34-23-16-19(26)7-8-22(23)27)24(31)29-20-9-12-30(13-10-20)35(32,33)21-6-3-5-18(15-21)17-28/h3,5-8,15-16,20H,4,9-14H2,1-2H3,(H,29,31). The predicted molar refractivity (Wildman–Crippen MR) is 136 cm³/mol. The van der Waals surface area contributed by atoms with Crippen molar-refractivity contribution in [2.75, 3.05) is 19.7 Å². The predicted octanol–water partition coefficient (Wildman–Crippen LogP) is 5.02. The van der Waals surface area contributed by atoms with Gasteiger partial charge in [0, 0.05) is 35.6 Å². The molecule has 1 saturated heterocycles. The lowest BCUT2D eigenvalue weighted by atomic mass is 9.86. The van der Waals surface area contributed by atoms with E-state index in [1.807, 2.05) is 19.9 Å². The molecule has 10 heteroatoms. The van der Waals surface area contributed by atoms with Crippen LogP contribution in [0.3, 0.4) is 0 Å². The van der Waals surface area contributed by atoms with E-state index in [2.05, 4.69) is 5.32 Å². The fourth-order valence-electron chi connectivity index (χ4n) is 3.89. The van der Waals surface area contributed by atoms with E-state index < -0.39 is 15.4 Å². The Labute approximate surface area is 217 Å². The Hall–Kier alpha value is -2.31. The second-order valence-corrected chi connectivity index (χ2v) is 12.0. The van der Waals surface area contributed by atoms with Gasteiger partial charge in [0.15, 0.2) is 0 Å². The molecule has 0 aromatic heterocycles. The molecule has 1 aliphatic heterocycles. The molecule has 1 fully saturated rings. The molecule has 0 atom stereocenters. The van der Waals surface area contributed by atoms with Crippen molar-refractivity contribution in [3.05, 3.63) is 58.1 Å². The van der Waals surface area contributed by atoms with Crippen LogP contribution in [0.4, 0.5) is 0 Å². The molecule has 0 saturated carbocycles. The van der Waals surface area contributed by atoms with Crippen molar-refractivity contribution < 1.29 is 17.9 Å². The number of carbonyl (C=O) groups is 1. The zero-order valence-corrected chi connectivity index (χ0v) is 22.1. The first-order valence-corrected chi connectivity index (χ1v) is 13.6. The van der Waals surface area contributed by atoms with Gasteiger partial charge in [0.05, 0.1) is 28.2 Å². The van der Waals surface area contributed by atoms with Crippen LogP contribution in [0.2, 0.25) is 10.0 Å². The summed E-state index contributed by atoms with van der Waals surface area (Å²) in [4.78, 5) is 13.0. The molecule has 0 unspecified atom stereocenters. The second kappa shape index (κ2) is 11.6. The third-order valence-electron chi connectivity index (χ3n) is 6.10. The minimum absolute atomic E-state index is 0.0682. The largest absolute Gasteiger partial charge is 0.492 e. The van der Waals surface area contributed by atoms with E-state index in [9.17, 15) is 13.2 Å². The summed E-state index contributed by atoms with van der Waals surface area (Å²) >= 11 is 12.1. The van der Waals surface area contributed by atoms with Crippen molar-refractivity contribution in [1.29, 1.82) is 5.26 Å². The molecule has 1 N–H and O–H groups in total. The van der Waals surface area contributed by atoms with Crippen molar-refractivity contribution >= 4 is 39.1 Å². The number of hydrogen-bond acceptors (Lipinski definition) is 5. The highest BCUT2D eigenvalue weighted by Gasteiger charge is 2.33. The smallest absolute Gasteiger partial charge is 0.243 e. The molecule has 7 nitrogen and oxygen atoms in total. The average Bonchev–Trinajstić information content (AvgIpc) is 2.84. The summed E-state index contributed by atoms with van der Waals surface area (Å²) in [6.07, 6.45) is 2.31. The molecule has 1 aliphatic rings. The summed E-state index contributed by atoms with van der Waals surface area (Å²) in [6.45, 7) is 4.78. The van der Waals surface area contributed by atoms with E-state index in [-0.39, 0.29) is 16.8 Å². The van der Waals surface area contributed by atoms with Crippen molar-refractivity contribution in [2.45, 2.75) is 50.5 Å². The van der Waals surface area contributed by atoms with Crippen molar-refractivity contribution in [2.24, 2.45) is 5.41 Å². The van der Waals surface area contributed by atoms with Gasteiger partial charge in [-0.1, -0.05) is 43.1 Å². The van der Waals surface area contributed by atoms with Gasteiger partial charge in [-0.3, -0.25) is 4.79 Å². The minimum atomic E-state index is -3.68. The van der Waals surface area contributed by atoms with Crippen LogP contribution in [0.1, 0.15) is 45.1 Å². The zero-order chi connectivity index (χ0) is 25.6. The van der Waals surface area contributed by atoms with Crippen LogP contribution in [0.15, 0.2) is 47.4 Å². The maximum Gasteiger partial charge on any atom is 0.243 e. The highest BCUT2D eigenvalue weighted by Crippen LogP contribution is 2.29. The molecule has 0 spiro atoms. The number of piperidine rings is 1. The fourth-order valence-corrected chi connectivity index (χ4v) is 5.74. The molecule has 0 bridgehead atoms. The van der Waals surface area contributed by atoms with Crippen LogP contribution >= 0.6 is 23.2 Å². The molecule has 0 aliphatic carbocycles. The van der Waals surface area contributed by atoms with Gasteiger partial charge in [0.1, 0.15) is 5.75 Å². The number of benzene rings is 2. The number of ether oxygens (including phenoxy) is 1. The number of hydrogen-bond donors (Lipinski definition) is 1. The molecule has 1 amide bonds. The summed E-state index contributed by atoms with van der Waals surface area (Å²) in [5.41, 5.74) is -0.306. The summed E-state index contributed by atoms with van der Waals surface area (Å²) < 4.78 is 33.0. The molecule has 188 valence electrons. The highest BCUT2D eigenvalue weighted by atomic mass is 35.5. The monoisotopic (exact) mass is 537 g/mol. The SMILES string of the molecule is CC(C)(CCCOc1cc(Cl)ccc1Cl)C(=O)NC1CCN(S(=O)(=O)c2cccc(C#N)c2)CC1. The number of halogens is 2. The van der Waals surface area contributed by atoms with Gasteiger partial charge in [-0.2, -0.15) is 9.57 Å². The first kappa shape index (κ1) is 27.3. The van der Waals surface area contributed by atoms with Crippen molar-refractivity contribution in [3.63, 3.8) is 0 Å². The molecule has 0 radical (unpaired) electrons. The Kier molecular flexibility index (Phi) is 9.05. The van der Waals surface area contributed by atoms with E-state index >= 15 is 0 Å². The number of nitrogens with one attached hydrogen (secondary N) is 1. The van der Waals surface area contributed by atoms with Gasteiger partial charge in [-0.15, -0.1) is 0 Å². The highest BCUT2D eigenvalue weighted by molar-refractivity contribution is 7.89. The summed E-state index contributed by atoms with van der Waals surface area (Å²) in [5.74, 6) is 0.448. The lowest BCUT2D eigenvalue weighted by Crippen LogP contribution is -2.49. The van der Waals surface area contributed by atoms with Crippen LogP contribution in [0.5, 0.6) is 5.75 Å². The van der Waals surface area contributed by atoms with Crippen LogP contribution < -0.4 is 10.1 Å². The first-order chi connectivity index (χ1) is 16.5. The Bertz CT molecular complexity index is 1200. The third-order valence-corrected chi connectivity index (χ3v) is 8.54. The second-order valence-electron chi connectivity index (χ2n) is 9.20. The van der Waals surface area contributed by atoms with Gasteiger partial charge in [0.25, 0.3) is 0 Å². The minimum Gasteiger partial charge on any atom is -0.492 e. The fraction of sp³-hybridized carbons (Fsp3) is 0.440. The van der Waals surface area contributed by atoms with Crippen LogP contribution in [-0.2, 0) is 14.8 Å². The Morgan fingerprint density at radius 3 is 2.60 bits per heavy atom. The number of carbonyl (C=O) groups excluding carboxylic acids is 1. The van der Waals surface area contributed by atoms with Gasteiger partial charge in [-0.25, -0.2) is 8.42 Å². The zero-order valence-electron chi connectivity index (χ0n) is 19.8. The molecular weight excluding hydrogens is 509 g/mol. The van der Waals surface area contributed by atoms with Crippen LogP contribution in [0, 0.1) is 16.7 Å². The maximum atomic E-state index is 12.9. The van der Waals surface area contributed by atoms with E-state index in [1.165, 1.54) is 16.4 Å². The van der Waals surface area contributed by atoms with Crippen molar-refractivity contribution in [1.82, 2.24) is 9.62 Å². The van der Waals surface area contributed by atoms with Crippen molar-refractivity contribution in [3.8, 4) is 11.8 Å². The van der Waals surface area contributed by atoms with Gasteiger partial charge < -0.3 is 10.1 Å². The Morgan fingerprint density at radius 2 is 1.91 bits per heavy atom. The number of rotatable bonds is 9. The average molecular weight is 538 g/mol. The number of nitriles is 1. The molecule has 3 rings (SSSR count).